The van der Waals surface area contributed by atoms with Crippen LogP contribution < -0.4 is 0 Å². The molecule has 18 heavy (non-hydrogen) atoms. The van der Waals surface area contributed by atoms with Crippen LogP contribution >= 0.6 is 0 Å². The first-order chi connectivity index (χ1) is 8.79. The molecule has 0 aromatic heterocycles. The van der Waals surface area contributed by atoms with Crippen molar-refractivity contribution in [1.82, 2.24) is 9.80 Å². The minimum atomic E-state index is 0.799. The quantitative estimate of drug-likeness (QED) is 0.591. The summed E-state index contributed by atoms with van der Waals surface area (Å²) in [6, 6.07) is 0. The molecule has 0 aromatic carbocycles. The summed E-state index contributed by atoms with van der Waals surface area (Å²) in [5.41, 5.74) is 0. The Bertz CT molecular complexity index is 243. The summed E-state index contributed by atoms with van der Waals surface area (Å²) in [6.45, 7) is 9.98. The number of aliphatic imine (C=N–C) groups is 1. The van der Waals surface area contributed by atoms with Crippen molar-refractivity contribution in [3.63, 3.8) is 0 Å². The number of nitrogens with zero attached hydrogens (tertiary/aromatic N) is 3. The molecule has 0 aromatic rings. The third-order valence-electron chi connectivity index (χ3n) is 3.30. The van der Waals surface area contributed by atoms with Gasteiger partial charge in [-0.05, 0) is 13.3 Å². The van der Waals surface area contributed by atoms with E-state index in [1.807, 2.05) is 6.92 Å². The maximum atomic E-state index is 5.42. The second kappa shape index (κ2) is 9.20. The van der Waals surface area contributed by atoms with Crippen LogP contribution in [-0.2, 0) is 4.74 Å². The molecule has 0 bridgehead atoms. The van der Waals surface area contributed by atoms with E-state index in [0.29, 0.717) is 0 Å². The highest BCUT2D eigenvalue weighted by Crippen LogP contribution is 2.07. The average molecular weight is 255 g/mol. The fraction of sp³-hybridized carbons (Fsp3) is 0.929. The minimum Gasteiger partial charge on any atom is -0.380 e. The predicted octanol–water partition coefficient (Wildman–Crippen LogP) is 2.21. The molecule has 0 atom stereocenters. The summed E-state index contributed by atoms with van der Waals surface area (Å²) >= 11 is 0. The predicted molar refractivity (Wildman–Crippen MR) is 77.1 cm³/mol. The van der Waals surface area contributed by atoms with Crippen LogP contribution in [0.25, 0.3) is 0 Å². The van der Waals surface area contributed by atoms with Gasteiger partial charge in [-0.3, -0.25) is 4.99 Å². The lowest BCUT2D eigenvalue weighted by atomic mass is 10.2. The second-order valence-corrected chi connectivity index (χ2v) is 4.85. The van der Waals surface area contributed by atoms with Gasteiger partial charge < -0.3 is 14.5 Å². The molecule has 0 saturated carbocycles. The van der Waals surface area contributed by atoms with E-state index in [4.69, 9.17) is 9.73 Å². The summed E-state index contributed by atoms with van der Waals surface area (Å²) in [5.74, 6) is 1.16. The lowest BCUT2D eigenvalue weighted by Gasteiger charge is -2.20. The van der Waals surface area contributed by atoms with Gasteiger partial charge in [0.2, 0.25) is 0 Å². The Morgan fingerprint density at radius 1 is 1.17 bits per heavy atom. The Hall–Kier alpha value is -0.770. The molecule has 1 rings (SSSR count). The molecule has 106 valence electrons. The number of hydrogen-bond acceptors (Lipinski definition) is 2. The lowest BCUT2D eigenvalue weighted by Crippen LogP contribution is -2.34. The summed E-state index contributed by atoms with van der Waals surface area (Å²) in [7, 11) is 2.13. The van der Waals surface area contributed by atoms with Crippen molar-refractivity contribution in [3.8, 4) is 0 Å². The molecular weight excluding hydrogens is 226 g/mol. The number of guanidine groups is 1. The number of likely N-dealkylation sites (N-methyl/N-ethyl adjacent to an activating group) is 1. The molecule has 1 heterocycles. The van der Waals surface area contributed by atoms with E-state index in [2.05, 4.69) is 23.8 Å². The first-order valence-electron chi connectivity index (χ1n) is 7.37. The monoisotopic (exact) mass is 255 g/mol. The first kappa shape index (κ1) is 15.3. The molecule has 1 saturated heterocycles. The maximum Gasteiger partial charge on any atom is 0.196 e. The Labute approximate surface area is 112 Å². The van der Waals surface area contributed by atoms with Gasteiger partial charge >= 0.3 is 0 Å². The molecule has 1 aliphatic heterocycles. The Balaban J connectivity index is 2.30. The highest BCUT2D eigenvalue weighted by molar-refractivity contribution is 5.81. The SMILES string of the molecule is CCCCCC/N=C1\N(C)CCN1CCOCC. The number of unbranched alkanes of at least 4 members (excludes halogenated alkanes) is 3. The van der Waals surface area contributed by atoms with E-state index in [1.54, 1.807) is 0 Å². The summed E-state index contributed by atoms with van der Waals surface area (Å²) in [5, 5.41) is 0. The maximum absolute atomic E-state index is 5.42. The van der Waals surface area contributed by atoms with Crippen LogP contribution in [0.15, 0.2) is 4.99 Å². The second-order valence-electron chi connectivity index (χ2n) is 4.85. The van der Waals surface area contributed by atoms with E-state index in [-0.39, 0.29) is 0 Å². The van der Waals surface area contributed by atoms with Crippen LogP contribution in [0.4, 0.5) is 0 Å². The summed E-state index contributed by atoms with van der Waals surface area (Å²) < 4.78 is 5.42. The van der Waals surface area contributed by atoms with Gasteiger partial charge in [-0.15, -0.1) is 0 Å². The molecule has 0 aliphatic carbocycles. The third kappa shape index (κ3) is 5.25. The molecule has 4 heteroatoms. The molecule has 4 nitrogen and oxygen atoms in total. The van der Waals surface area contributed by atoms with Gasteiger partial charge in [-0.2, -0.15) is 0 Å². The topological polar surface area (TPSA) is 28.1 Å². The smallest absolute Gasteiger partial charge is 0.196 e. The van der Waals surface area contributed by atoms with Crippen molar-refractivity contribution in [3.05, 3.63) is 0 Å². The molecule has 1 fully saturated rings. The van der Waals surface area contributed by atoms with Crippen molar-refractivity contribution in [2.45, 2.75) is 39.5 Å². The summed E-state index contributed by atoms with van der Waals surface area (Å²) in [4.78, 5) is 9.35. The van der Waals surface area contributed by atoms with Crippen LogP contribution in [0.1, 0.15) is 39.5 Å². The fourth-order valence-electron chi connectivity index (χ4n) is 2.18. The van der Waals surface area contributed by atoms with Crippen LogP contribution in [0, 0.1) is 0 Å². The lowest BCUT2D eigenvalue weighted by molar-refractivity contribution is 0.134. The highest BCUT2D eigenvalue weighted by Gasteiger charge is 2.22. The first-order valence-corrected chi connectivity index (χ1v) is 7.37. The van der Waals surface area contributed by atoms with Crippen molar-refractivity contribution in [2.24, 2.45) is 4.99 Å². The average Bonchev–Trinajstić information content (AvgIpc) is 2.71. The van der Waals surface area contributed by atoms with E-state index in [0.717, 1.165) is 45.4 Å². The molecule has 0 spiro atoms. The zero-order valence-corrected chi connectivity index (χ0v) is 12.3. The van der Waals surface area contributed by atoms with Crippen molar-refractivity contribution in [1.29, 1.82) is 0 Å². The Morgan fingerprint density at radius 3 is 2.72 bits per heavy atom. The van der Waals surface area contributed by atoms with Crippen molar-refractivity contribution in [2.75, 3.05) is 46.4 Å². The molecule has 0 unspecified atom stereocenters. The van der Waals surface area contributed by atoms with Crippen LogP contribution in [0.2, 0.25) is 0 Å². The van der Waals surface area contributed by atoms with Crippen LogP contribution in [-0.4, -0.2) is 62.2 Å². The van der Waals surface area contributed by atoms with Crippen LogP contribution in [0.5, 0.6) is 0 Å². The highest BCUT2D eigenvalue weighted by atomic mass is 16.5. The van der Waals surface area contributed by atoms with Gasteiger partial charge in [-0.1, -0.05) is 26.2 Å². The molecule has 0 N–H and O–H groups in total. The number of ether oxygens (including phenoxy) is 1. The molecule has 0 radical (unpaired) electrons. The Morgan fingerprint density at radius 2 is 2.00 bits per heavy atom. The van der Waals surface area contributed by atoms with Gasteiger partial charge in [0.15, 0.2) is 5.96 Å². The number of hydrogen-bond donors (Lipinski definition) is 0. The fourth-order valence-corrected chi connectivity index (χ4v) is 2.18. The van der Waals surface area contributed by atoms with Gasteiger partial charge in [0.05, 0.1) is 6.61 Å². The molecule has 1 aliphatic rings. The van der Waals surface area contributed by atoms with Crippen molar-refractivity contribution < 1.29 is 4.74 Å². The van der Waals surface area contributed by atoms with Crippen molar-refractivity contribution >= 4 is 5.96 Å². The van der Waals surface area contributed by atoms with Gasteiger partial charge in [0.25, 0.3) is 0 Å². The molecular formula is C14H29N3O. The normalized spacial score (nSPS) is 18.1. The van der Waals surface area contributed by atoms with Gasteiger partial charge in [0, 0.05) is 39.8 Å². The third-order valence-corrected chi connectivity index (χ3v) is 3.30. The zero-order chi connectivity index (χ0) is 13.2. The standard InChI is InChI=1S/C14H29N3O/c1-4-6-7-8-9-15-14-16(3)10-11-17(14)12-13-18-5-2/h4-13H2,1-3H3/b15-14+. The van der Waals surface area contributed by atoms with E-state index in [9.17, 15) is 0 Å². The Kier molecular flexibility index (Phi) is 7.81. The molecule has 0 amide bonds. The van der Waals surface area contributed by atoms with E-state index < -0.39 is 0 Å². The largest absolute Gasteiger partial charge is 0.380 e. The summed E-state index contributed by atoms with van der Waals surface area (Å²) in [6.07, 6.45) is 5.13. The van der Waals surface area contributed by atoms with Gasteiger partial charge in [-0.25, -0.2) is 0 Å². The van der Waals surface area contributed by atoms with E-state index in [1.165, 1.54) is 25.7 Å². The minimum absolute atomic E-state index is 0.799. The van der Waals surface area contributed by atoms with Gasteiger partial charge in [0.1, 0.15) is 0 Å². The van der Waals surface area contributed by atoms with Crippen LogP contribution in [0.3, 0.4) is 0 Å². The number of rotatable bonds is 9. The zero-order valence-electron chi connectivity index (χ0n) is 12.3. The van der Waals surface area contributed by atoms with E-state index >= 15 is 0 Å².